The molecule has 27 heavy (non-hydrogen) atoms. The van der Waals surface area contributed by atoms with Gasteiger partial charge in [-0.1, -0.05) is 41.6 Å². The molecule has 1 fully saturated rings. The molecule has 1 aromatic carbocycles. The van der Waals surface area contributed by atoms with Crippen LogP contribution in [-0.2, 0) is 12.8 Å². The molecule has 1 aliphatic heterocycles. The van der Waals surface area contributed by atoms with Crippen molar-refractivity contribution in [2.45, 2.75) is 36.7 Å². The molecular formula is C21H23N3O2S. The largest absolute Gasteiger partial charge is 0.455 e. The number of hydrogen-bond acceptors (Lipinski definition) is 4. The van der Waals surface area contributed by atoms with Crippen molar-refractivity contribution in [3.63, 3.8) is 0 Å². The Labute approximate surface area is 163 Å². The van der Waals surface area contributed by atoms with Gasteiger partial charge in [0.25, 0.3) is 5.91 Å². The summed E-state index contributed by atoms with van der Waals surface area (Å²) >= 11 is 1.60. The molecule has 0 spiro atoms. The van der Waals surface area contributed by atoms with Crippen LogP contribution in [0.1, 0.15) is 46.3 Å². The number of rotatable bonds is 5. The molecule has 0 N–H and O–H groups in total. The molecule has 1 unspecified atom stereocenters. The van der Waals surface area contributed by atoms with Gasteiger partial charge in [0.2, 0.25) is 0 Å². The van der Waals surface area contributed by atoms with E-state index in [-0.39, 0.29) is 11.9 Å². The minimum Gasteiger partial charge on any atom is -0.455 e. The van der Waals surface area contributed by atoms with Gasteiger partial charge in [0.05, 0.1) is 11.8 Å². The molecule has 0 aliphatic carbocycles. The van der Waals surface area contributed by atoms with E-state index in [2.05, 4.69) is 36.2 Å². The molecule has 0 radical (unpaired) electrons. The molecule has 2 aromatic heterocycles. The SMILES string of the molecule is Cc1ccc(C2CCCN2C(=O)c2ccc(CSc3nccn3C)o2)cc1. The van der Waals surface area contributed by atoms with Crippen LogP contribution in [0.3, 0.4) is 0 Å². The van der Waals surface area contributed by atoms with E-state index in [1.807, 2.05) is 28.8 Å². The second-order valence-electron chi connectivity index (χ2n) is 6.94. The van der Waals surface area contributed by atoms with Crippen molar-refractivity contribution in [3.05, 3.63) is 71.4 Å². The molecular weight excluding hydrogens is 358 g/mol. The summed E-state index contributed by atoms with van der Waals surface area (Å²) in [5, 5.41) is 0.929. The van der Waals surface area contributed by atoms with Crippen molar-refractivity contribution < 1.29 is 9.21 Å². The summed E-state index contributed by atoms with van der Waals surface area (Å²) < 4.78 is 7.82. The Morgan fingerprint density at radius 2 is 2.07 bits per heavy atom. The first-order valence-corrected chi connectivity index (χ1v) is 10.2. The summed E-state index contributed by atoms with van der Waals surface area (Å²) in [6, 6.07) is 12.3. The molecule has 1 atom stereocenters. The summed E-state index contributed by atoms with van der Waals surface area (Å²) in [7, 11) is 1.96. The lowest BCUT2D eigenvalue weighted by Crippen LogP contribution is -2.30. The zero-order valence-electron chi connectivity index (χ0n) is 15.6. The topological polar surface area (TPSA) is 51.3 Å². The first kappa shape index (κ1) is 17.9. The molecule has 4 rings (SSSR count). The van der Waals surface area contributed by atoms with Gasteiger partial charge >= 0.3 is 0 Å². The van der Waals surface area contributed by atoms with Crippen LogP contribution in [0.2, 0.25) is 0 Å². The number of thioether (sulfide) groups is 1. The van der Waals surface area contributed by atoms with E-state index < -0.39 is 0 Å². The monoisotopic (exact) mass is 381 g/mol. The van der Waals surface area contributed by atoms with Gasteiger partial charge < -0.3 is 13.9 Å². The van der Waals surface area contributed by atoms with Crippen molar-refractivity contribution in [2.24, 2.45) is 7.05 Å². The lowest BCUT2D eigenvalue weighted by Gasteiger charge is -2.24. The normalized spacial score (nSPS) is 16.8. The molecule has 140 valence electrons. The standard InChI is InChI=1S/C21H23N3O2S/c1-15-5-7-16(8-6-15)18-4-3-12-24(18)20(25)19-10-9-17(26-19)14-27-21-22-11-13-23(21)2/h5-11,13,18H,3-4,12,14H2,1-2H3. The summed E-state index contributed by atoms with van der Waals surface area (Å²) in [5.74, 6) is 1.84. The number of carbonyl (C=O) groups is 1. The van der Waals surface area contributed by atoms with Crippen LogP contribution in [0.25, 0.3) is 0 Å². The zero-order chi connectivity index (χ0) is 18.8. The average molecular weight is 382 g/mol. The average Bonchev–Trinajstić information content (AvgIpc) is 3.41. The van der Waals surface area contributed by atoms with Crippen LogP contribution in [-0.4, -0.2) is 26.9 Å². The van der Waals surface area contributed by atoms with Crippen LogP contribution in [0.15, 0.2) is 58.4 Å². The molecule has 3 heterocycles. The van der Waals surface area contributed by atoms with Crippen LogP contribution in [0, 0.1) is 6.92 Å². The minimum absolute atomic E-state index is 0.0219. The number of aromatic nitrogens is 2. The van der Waals surface area contributed by atoms with Crippen molar-refractivity contribution in [1.82, 2.24) is 14.5 Å². The third-order valence-corrected chi connectivity index (χ3v) is 6.05. The molecule has 0 saturated carbocycles. The first-order chi connectivity index (χ1) is 13.1. The number of benzene rings is 1. The van der Waals surface area contributed by atoms with E-state index in [0.717, 1.165) is 30.3 Å². The van der Waals surface area contributed by atoms with Gasteiger partial charge in [-0.2, -0.15) is 0 Å². The van der Waals surface area contributed by atoms with Gasteiger partial charge in [-0.25, -0.2) is 4.98 Å². The smallest absolute Gasteiger partial charge is 0.290 e. The van der Waals surface area contributed by atoms with E-state index in [4.69, 9.17) is 4.42 Å². The molecule has 3 aromatic rings. The van der Waals surface area contributed by atoms with Gasteiger partial charge in [-0.3, -0.25) is 4.79 Å². The number of nitrogens with zero attached hydrogens (tertiary/aromatic N) is 3. The molecule has 1 aliphatic rings. The fourth-order valence-electron chi connectivity index (χ4n) is 3.48. The fourth-order valence-corrected chi connectivity index (χ4v) is 4.31. The maximum atomic E-state index is 13.0. The van der Waals surface area contributed by atoms with E-state index >= 15 is 0 Å². The highest BCUT2D eigenvalue weighted by Crippen LogP contribution is 2.33. The Morgan fingerprint density at radius 3 is 2.81 bits per heavy atom. The number of imidazole rings is 1. The van der Waals surface area contributed by atoms with E-state index in [0.29, 0.717) is 11.5 Å². The van der Waals surface area contributed by atoms with Crippen molar-refractivity contribution in [1.29, 1.82) is 0 Å². The van der Waals surface area contributed by atoms with Crippen molar-refractivity contribution >= 4 is 17.7 Å². The van der Waals surface area contributed by atoms with Crippen LogP contribution in [0.4, 0.5) is 0 Å². The van der Waals surface area contributed by atoms with E-state index in [1.165, 1.54) is 11.1 Å². The molecule has 6 heteroatoms. The van der Waals surface area contributed by atoms with Crippen LogP contribution >= 0.6 is 11.8 Å². The number of carbonyl (C=O) groups excluding carboxylic acids is 1. The van der Waals surface area contributed by atoms with Crippen LogP contribution in [0.5, 0.6) is 0 Å². The summed E-state index contributed by atoms with van der Waals surface area (Å²) in [6.07, 6.45) is 5.71. The Bertz CT molecular complexity index is 929. The summed E-state index contributed by atoms with van der Waals surface area (Å²) in [4.78, 5) is 19.2. The predicted molar refractivity (Wildman–Crippen MR) is 106 cm³/mol. The second kappa shape index (κ2) is 7.64. The summed E-state index contributed by atoms with van der Waals surface area (Å²) in [5.41, 5.74) is 2.43. The van der Waals surface area contributed by atoms with Gasteiger partial charge in [-0.15, -0.1) is 0 Å². The number of amides is 1. The van der Waals surface area contributed by atoms with E-state index in [9.17, 15) is 4.79 Å². The Balaban J connectivity index is 1.45. The highest BCUT2D eigenvalue weighted by atomic mass is 32.2. The zero-order valence-corrected chi connectivity index (χ0v) is 16.4. The van der Waals surface area contributed by atoms with E-state index in [1.54, 1.807) is 24.0 Å². The highest BCUT2D eigenvalue weighted by molar-refractivity contribution is 7.98. The van der Waals surface area contributed by atoms with Crippen molar-refractivity contribution in [3.8, 4) is 0 Å². The Hall–Kier alpha value is -2.47. The van der Waals surface area contributed by atoms with Crippen LogP contribution < -0.4 is 0 Å². The van der Waals surface area contributed by atoms with Gasteiger partial charge in [0.15, 0.2) is 10.9 Å². The molecule has 5 nitrogen and oxygen atoms in total. The molecule has 1 saturated heterocycles. The maximum absolute atomic E-state index is 13.0. The predicted octanol–water partition coefficient (Wildman–Crippen LogP) is 4.59. The highest BCUT2D eigenvalue weighted by Gasteiger charge is 2.32. The third kappa shape index (κ3) is 3.81. The Morgan fingerprint density at radius 1 is 1.26 bits per heavy atom. The quantitative estimate of drug-likeness (QED) is 0.607. The number of aryl methyl sites for hydroxylation is 2. The number of likely N-dealkylation sites (tertiary alicyclic amines) is 1. The van der Waals surface area contributed by atoms with Gasteiger partial charge in [0, 0.05) is 26.0 Å². The lowest BCUT2D eigenvalue weighted by molar-refractivity contribution is 0.0702. The molecule has 0 bridgehead atoms. The van der Waals surface area contributed by atoms with Gasteiger partial charge in [0.1, 0.15) is 5.76 Å². The van der Waals surface area contributed by atoms with Gasteiger partial charge in [-0.05, 0) is 37.5 Å². The lowest BCUT2D eigenvalue weighted by atomic mass is 10.0. The third-order valence-electron chi connectivity index (χ3n) is 4.97. The maximum Gasteiger partial charge on any atom is 0.290 e. The number of furan rings is 1. The number of hydrogen-bond donors (Lipinski definition) is 0. The van der Waals surface area contributed by atoms with Crippen molar-refractivity contribution in [2.75, 3.05) is 6.54 Å². The first-order valence-electron chi connectivity index (χ1n) is 9.18. The Kier molecular flexibility index (Phi) is 5.07. The molecule has 1 amide bonds. The minimum atomic E-state index is -0.0219. The second-order valence-corrected chi connectivity index (χ2v) is 7.89. The summed E-state index contributed by atoms with van der Waals surface area (Å²) in [6.45, 7) is 2.85. The fraction of sp³-hybridized carbons (Fsp3) is 0.333.